The van der Waals surface area contributed by atoms with Crippen molar-refractivity contribution in [3.63, 3.8) is 0 Å². The summed E-state index contributed by atoms with van der Waals surface area (Å²) in [5, 5.41) is 0. The van der Waals surface area contributed by atoms with Crippen LogP contribution in [0.5, 0.6) is 0 Å². The summed E-state index contributed by atoms with van der Waals surface area (Å²) in [6.07, 6.45) is -4.41. The predicted octanol–water partition coefficient (Wildman–Crippen LogP) is 4.21. The van der Waals surface area contributed by atoms with E-state index >= 15 is 0 Å². The molecule has 0 bridgehead atoms. The maximum atomic E-state index is 14.0. The maximum absolute atomic E-state index is 14.0. The molecule has 2 saturated heterocycles. The number of likely N-dealkylation sites (tertiary alicyclic amines) is 2. The van der Waals surface area contributed by atoms with E-state index in [1.165, 1.54) is 34.1 Å². The van der Waals surface area contributed by atoms with Gasteiger partial charge in [0.05, 0.1) is 20.2 Å². The Hall–Kier alpha value is -3.17. The number of ether oxygens (including phenoxy) is 1. The van der Waals surface area contributed by atoms with Crippen LogP contribution in [0.4, 0.5) is 18.0 Å². The van der Waals surface area contributed by atoms with E-state index in [1.807, 2.05) is 0 Å². The van der Waals surface area contributed by atoms with Crippen molar-refractivity contribution in [2.45, 2.75) is 85.0 Å². The van der Waals surface area contributed by atoms with Gasteiger partial charge in [-0.2, -0.15) is 13.2 Å². The molecular formula is C28H34F3N3O7S2. The third-order valence-corrected chi connectivity index (χ3v) is 10.6. The van der Waals surface area contributed by atoms with Crippen molar-refractivity contribution in [3.8, 4) is 0 Å². The number of hydrogen-bond acceptors (Lipinski definition) is 7. The Morgan fingerprint density at radius 2 is 1.51 bits per heavy atom. The fourth-order valence-corrected chi connectivity index (χ4v) is 7.96. The highest BCUT2D eigenvalue weighted by atomic mass is 32.2. The van der Waals surface area contributed by atoms with Gasteiger partial charge in [-0.1, -0.05) is 18.2 Å². The molecule has 0 spiro atoms. The van der Waals surface area contributed by atoms with Crippen molar-refractivity contribution in [2.24, 2.45) is 0 Å². The quantitative estimate of drug-likeness (QED) is 0.498. The summed E-state index contributed by atoms with van der Waals surface area (Å²) >= 11 is 0. The SMILES string of the molecule is CC(C)(C)OC(=O)N1CCC[C@H]1C(=O)N1CCC(NS(=O)(=O)c2ccc(S(=O)(=O)c3ccccc3)cc2C(F)(F)F)CC1. The molecule has 1 atom stereocenters. The van der Waals surface area contributed by atoms with Crippen LogP contribution in [-0.2, 0) is 35.6 Å². The number of amides is 2. The zero-order valence-corrected chi connectivity index (χ0v) is 25.6. The van der Waals surface area contributed by atoms with E-state index in [9.17, 15) is 39.6 Å². The van der Waals surface area contributed by atoms with Gasteiger partial charge in [0.1, 0.15) is 11.6 Å². The zero-order chi connectivity index (χ0) is 31.8. The third-order valence-electron chi connectivity index (χ3n) is 7.20. The highest BCUT2D eigenvalue weighted by Crippen LogP contribution is 2.37. The third kappa shape index (κ3) is 7.50. The number of piperidine rings is 1. The van der Waals surface area contributed by atoms with Crippen molar-refractivity contribution < 1.29 is 44.3 Å². The largest absolute Gasteiger partial charge is 0.444 e. The number of sulfonamides is 1. The first-order chi connectivity index (χ1) is 19.9. The molecule has 15 heteroatoms. The lowest BCUT2D eigenvalue weighted by atomic mass is 10.0. The molecule has 10 nitrogen and oxygen atoms in total. The normalized spacial score (nSPS) is 19.0. The topological polar surface area (TPSA) is 130 Å². The van der Waals surface area contributed by atoms with Crippen LogP contribution < -0.4 is 4.72 Å². The van der Waals surface area contributed by atoms with Crippen LogP contribution >= 0.6 is 0 Å². The van der Waals surface area contributed by atoms with Crippen molar-refractivity contribution in [1.82, 2.24) is 14.5 Å². The molecular weight excluding hydrogens is 611 g/mol. The fraction of sp³-hybridized carbons (Fsp3) is 0.500. The van der Waals surface area contributed by atoms with Crippen LogP contribution in [0, 0.1) is 0 Å². The van der Waals surface area contributed by atoms with E-state index in [1.54, 1.807) is 26.8 Å². The summed E-state index contributed by atoms with van der Waals surface area (Å²) in [5.74, 6) is -0.292. The van der Waals surface area contributed by atoms with Gasteiger partial charge in [-0.25, -0.2) is 26.4 Å². The molecule has 2 amide bonds. The van der Waals surface area contributed by atoms with Crippen molar-refractivity contribution in [2.75, 3.05) is 19.6 Å². The number of carbonyl (C=O) groups excluding carboxylic acids is 2. The minimum Gasteiger partial charge on any atom is -0.444 e. The van der Waals surface area contributed by atoms with Crippen molar-refractivity contribution in [3.05, 3.63) is 54.1 Å². The van der Waals surface area contributed by atoms with Crippen LogP contribution in [0.3, 0.4) is 0 Å². The van der Waals surface area contributed by atoms with Gasteiger partial charge in [-0.15, -0.1) is 0 Å². The summed E-state index contributed by atoms with van der Waals surface area (Å²) in [6, 6.07) is 7.19. The molecule has 2 aromatic carbocycles. The standard InChI is InChI=1S/C28H34F3N3O7S2/c1-27(2,3)41-26(36)34-15-7-10-23(34)25(35)33-16-13-19(14-17-33)32-43(39,40)24-12-11-21(18-22(24)28(29,30)31)42(37,38)20-8-5-4-6-9-20/h4-6,8-9,11-12,18-19,23,32H,7,10,13-17H2,1-3H3/t23-/m0/s1. The number of carbonyl (C=O) groups is 2. The monoisotopic (exact) mass is 645 g/mol. The first kappa shape index (κ1) is 32.7. The van der Waals surface area contributed by atoms with E-state index in [0.717, 1.165) is 6.07 Å². The van der Waals surface area contributed by atoms with Gasteiger partial charge in [-0.3, -0.25) is 9.69 Å². The summed E-state index contributed by atoms with van der Waals surface area (Å²) in [5.41, 5.74) is -2.33. The molecule has 1 N–H and O–H groups in total. The summed E-state index contributed by atoms with van der Waals surface area (Å²) in [7, 11) is -9.07. The van der Waals surface area contributed by atoms with Gasteiger partial charge in [-0.05, 0) is 76.8 Å². The Labute approximate surface area is 249 Å². The molecule has 2 aliphatic heterocycles. The minimum atomic E-state index is -5.16. The van der Waals surface area contributed by atoms with Crippen LogP contribution in [-0.4, -0.2) is 76.0 Å². The maximum Gasteiger partial charge on any atom is 0.417 e. The Kier molecular flexibility index (Phi) is 9.20. The molecule has 2 aliphatic rings. The van der Waals surface area contributed by atoms with E-state index in [0.29, 0.717) is 31.5 Å². The molecule has 0 aromatic heterocycles. The fourth-order valence-electron chi connectivity index (χ4n) is 5.14. The lowest BCUT2D eigenvalue weighted by Gasteiger charge is -2.36. The van der Waals surface area contributed by atoms with Crippen molar-refractivity contribution >= 4 is 31.9 Å². The predicted molar refractivity (Wildman–Crippen MR) is 149 cm³/mol. The van der Waals surface area contributed by atoms with Gasteiger partial charge in [0.25, 0.3) is 0 Å². The number of nitrogens with one attached hydrogen (secondary N) is 1. The average molecular weight is 646 g/mol. The molecule has 0 saturated carbocycles. The number of benzene rings is 2. The summed E-state index contributed by atoms with van der Waals surface area (Å²) in [6.45, 7) is 5.80. The highest BCUT2D eigenvalue weighted by Gasteiger charge is 2.41. The smallest absolute Gasteiger partial charge is 0.417 e. The van der Waals surface area contributed by atoms with Gasteiger partial charge in [0, 0.05) is 25.7 Å². The number of halogens is 3. The first-order valence-electron chi connectivity index (χ1n) is 13.7. The van der Waals surface area contributed by atoms with Gasteiger partial charge < -0.3 is 9.64 Å². The second-order valence-corrected chi connectivity index (χ2v) is 15.2. The van der Waals surface area contributed by atoms with E-state index in [4.69, 9.17) is 4.74 Å². The molecule has 0 radical (unpaired) electrons. The molecule has 2 heterocycles. The summed E-state index contributed by atoms with van der Waals surface area (Å²) in [4.78, 5) is 26.7. The van der Waals surface area contributed by atoms with Crippen LogP contribution in [0.25, 0.3) is 0 Å². The first-order valence-corrected chi connectivity index (χ1v) is 16.7. The van der Waals surface area contributed by atoms with E-state index in [-0.39, 0.29) is 36.7 Å². The molecule has 43 heavy (non-hydrogen) atoms. The highest BCUT2D eigenvalue weighted by molar-refractivity contribution is 7.91. The number of sulfone groups is 1. The van der Waals surface area contributed by atoms with Crippen molar-refractivity contribution in [1.29, 1.82) is 0 Å². The molecule has 2 fully saturated rings. The second kappa shape index (κ2) is 12.1. The van der Waals surface area contributed by atoms with Gasteiger partial charge in [0.15, 0.2) is 0 Å². The zero-order valence-electron chi connectivity index (χ0n) is 23.9. The number of rotatable bonds is 6. The molecule has 2 aromatic rings. The van der Waals surface area contributed by atoms with Crippen LogP contribution in [0.15, 0.2) is 63.2 Å². The molecule has 0 unspecified atom stereocenters. The molecule has 4 rings (SSSR count). The van der Waals surface area contributed by atoms with Gasteiger partial charge >= 0.3 is 12.3 Å². The lowest BCUT2D eigenvalue weighted by molar-refractivity contribution is -0.140. The van der Waals surface area contributed by atoms with E-state index < -0.39 is 65.2 Å². The van der Waals surface area contributed by atoms with Gasteiger partial charge in [0.2, 0.25) is 25.8 Å². The lowest BCUT2D eigenvalue weighted by Crippen LogP contribution is -2.53. The Morgan fingerprint density at radius 1 is 0.884 bits per heavy atom. The Bertz CT molecular complexity index is 1570. The van der Waals surface area contributed by atoms with E-state index in [2.05, 4.69) is 4.72 Å². The Balaban J connectivity index is 1.46. The second-order valence-electron chi connectivity index (χ2n) is 11.5. The Morgan fingerprint density at radius 3 is 2.09 bits per heavy atom. The average Bonchev–Trinajstić information content (AvgIpc) is 3.42. The number of nitrogens with zero attached hydrogens (tertiary/aromatic N) is 2. The molecule has 236 valence electrons. The minimum absolute atomic E-state index is 0.130. The molecule has 0 aliphatic carbocycles. The number of hydrogen-bond donors (Lipinski definition) is 1. The van der Waals surface area contributed by atoms with Crippen LogP contribution in [0.2, 0.25) is 0 Å². The number of alkyl halides is 3. The summed E-state index contributed by atoms with van der Waals surface area (Å²) < 4.78 is 102. The van der Waals surface area contributed by atoms with Crippen LogP contribution in [0.1, 0.15) is 52.0 Å².